The fourth-order valence-corrected chi connectivity index (χ4v) is 4.57. The van der Waals surface area contributed by atoms with Crippen LogP contribution in [-0.4, -0.2) is 17.7 Å². The van der Waals surface area contributed by atoms with Crippen molar-refractivity contribution in [1.82, 2.24) is 5.32 Å². The van der Waals surface area contributed by atoms with Gasteiger partial charge in [-0.15, -0.1) is 0 Å². The Hall–Kier alpha value is -2.56. The molecule has 1 amide bonds. The van der Waals surface area contributed by atoms with Crippen LogP contribution in [0, 0.1) is 12.3 Å². The van der Waals surface area contributed by atoms with E-state index in [-0.39, 0.29) is 17.4 Å². The SMILES string of the molecule is Cc1c(C(=O)NC2CCCCC2)oc2c1/C(=N\Nc1ccccc1)CC(C)(C)C2. The summed E-state index contributed by atoms with van der Waals surface area (Å²) in [5, 5.41) is 7.90. The van der Waals surface area contributed by atoms with Gasteiger partial charge in [-0.2, -0.15) is 5.10 Å². The maximum atomic E-state index is 12.9. The molecule has 5 nitrogen and oxygen atoms in total. The van der Waals surface area contributed by atoms with E-state index < -0.39 is 0 Å². The van der Waals surface area contributed by atoms with Crippen LogP contribution >= 0.6 is 0 Å². The number of hydrogen-bond acceptors (Lipinski definition) is 4. The number of nitrogens with zero attached hydrogens (tertiary/aromatic N) is 1. The summed E-state index contributed by atoms with van der Waals surface area (Å²) in [5.74, 6) is 1.24. The summed E-state index contributed by atoms with van der Waals surface area (Å²) in [6.07, 6.45) is 7.42. The third kappa shape index (κ3) is 4.39. The fraction of sp³-hybridized carbons (Fsp3) is 0.500. The Morgan fingerprint density at radius 3 is 2.55 bits per heavy atom. The van der Waals surface area contributed by atoms with Crippen molar-refractivity contribution < 1.29 is 9.21 Å². The maximum absolute atomic E-state index is 12.9. The lowest BCUT2D eigenvalue weighted by atomic mass is 9.75. The Labute approximate surface area is 173 Å². The highest BCUT2D eigenvalue weighted by atomic mass is 16.4. The fourth-order valence-electron chi connectivity index (χ4n) is 4.57. The van der Waals surface area contributed by atoms with Crippen LogP contribution in [0.4, 0.5) is 5.69 Å². The van der Waals surface area contributed by atoms with E-state index >= 15 is 0 Å². The molecule has 29 heavy (non-hydrogen) atoms. The molecule has 2 aromatic rings. The van der Waals surface area contributed by atoms with Crippen molar-refractivity contribution in [1.29, 1.82) is 0 Å². The van der Waals surface area contributed by atoms with Crippen LogP contribution in [0.1, 0.15) is 79.8 Å². The molecular weight excluding hydrogens is 362 g/mol. The Balaban J connectivity index is 1.62. The predicted molar refractivity (Wildman–Crippen MR) is 116 cm³/mol. The number of hydrogen-bond donors (Lipinski definition) is 2. The van der Waals surface area contributed by atoms with Crippen molar-refractivity contribution in [2.75, 3.05) is 5.43 Å². The van der Waals surface area contributed by atoms with Gasteiger partial charge in [-0.1, -0.05) is 51.3 Å². The zero-order valence-corrected chi connectivity index (χ0v) is 17.7. The first-order chi connectivity index (χ1) is 13.9. The summed E-state index contributed by atoms with van der Waals surface area (Å²) < 4.78 is 6.14. The molecule has 1 aromatic heterocycles. The molecule has 1 aromatic carbocycles. The third-order valence-corrected chi connectivity index (χ3v) is 6.03. The Kier molecular flexibility index (Phi) is 5.48. The number of anilines is 1. The van der Waals surface area contributed by atoms with Crippen molar-refractivity contribution in [2.45, 2.75) is 71.8 Å². The number of para-hydroxylation sites is 1. The molecule has 0 saturated heterocycles. The van der Waals surface area contributed by atoms with Crippen LogP contribution in [0.15, 0.2) is 39.9 Å². The minimum absolute atomic E-state index is 0.0333. The molecule has 0 bridgehead atoms. The molecule has 1 heterocycles. The molecule has 5 heteroatoms. The van der Waals surface area contributed by atoms with E-state index in [0.717, 1.165) is 54.0 Å². The second-order valence-corrected chi connectivity index (χ2v) is 9.22. The van der Waals surface area contributed by atoms with Gasteiger partial charge in [0.1, 0.15) is 5.76 Å². The molecule has 154 valence electrons. The van der Waals surface area contributed by atoms with E-state index in [0.29, 0.717) is 5.76 Å². The highest BCUT2D eigenvalue weighted by Gasteiger charge is 2.36. The number of carbonyl (C=O) groups excluding carboxylic acids is 1. The minimum atomic E-state index is -0.0861. The third-order valence-electron chi connectivity index (χ3n) is 6.03. The van der Waals surface area contributed by atoms with Gasteiger partial charge in [0.15, 0.2) is 5.76 Å². The van der Waals surface area contributed by atoms with Gasteiger partial charge in [-0.25, -0.2) is 0 Å². The van der Waals surface area contributed by atoms with Crippen molar-refractivity contribution in [3.8, 4) is 0 Å². The first-order valence-corrected chi connectivity index (χ1v) is 10.7. The van der Waals surface area contributed by atoms with Gasteiger partial charge in [-0.05, 0) is 43.7 Å². The number of fused-ring (bicyclic) bond motifs is 1. The Morgan fingerprint density at radius 1 is 1.10 bits per heavy atom. The number of carbonyl (C=O) groups is 1. The summed E-state index contributed by atoms with van der Waals surface area (Å²) in [7, 11) is 0. The molecule has 2 aliphatic carbocycles. The number of furan rings is 1. The summed E-state index contributed by atoms with van der Waals surface area (Å²) in [5.41, 5.74) is 7.01. The topological polar surface area (TPSA) is 66.6 Å². The van der Waals surface area contributed by atoms with E-state index in [2.05, 4.69) is 24.6 Å². The largest absolute Gasteiger partial charge is 0.455 e. The number of hydrazone groups is 1. The molecular formula is C24H31N3O2. The zero-order chi connectivity index (χ0) is 20.4. The quantitative estimate of drug-likeness (QED) is 0.680. The minimum Gasteiger partial charge on any atom is -0.455 e. The van der Waals surface area contributed by atoms with Crippen LogP contribution in [0.25, 0.3) is 0 Å². The monoisotopic (exact) mass is 393 g/mol. The predicted octanol–water partition coefficient (Wildman–Crippen LogP) is 5.44. The van der Waals surface area contributed by atoms with Crippen LogP contribution in [0.5, 0.6) is 0 Å². The van der Waals surface area contributed by atoms with Crippen LogP contribution in [0.2, 0.25) is 0 Å². The van der Waals surface area contributed by atoms with Gasteiger partial charge in [0, 0.05) is 23.6 Å². The molecule has 1 saturated carbocycles. The average Bonchev–Trinajstić information content (AvgIpc) is 3.03. The van der Waals surface area contributed by atoms with Crippen molar-refractivity contribution in [3.05, 3.63) is 53.0 Å². The Bertz CT molecular complexity index is 906. The van der Waals surface area contributed by atoms with Crippen molar-refractivity contribution in [2.24, 2.45) is 10.5 Å². The number of nitrogens with one attached hydrogen (secondary N) is 2. The molecule has 4 rings (SSSR count). The van der Waals surface area contributed by atoms with Crippen molar-refractivity contribution >= 4 is 17.3 Å². The molecule has 0 spiro atoms. The summed E-state index contributed by atoms with van der Waals surface area (Å²) in [6.45, 7) is 6.41. The van der Waals surface area contributed by atoms with Gasteiger partial charge in [0.05, 0.1) is 11.4 Å². The van der Waals surface area contributed by atoms with Crippen molar-refractivity contribution in [3.63, 3.8) is 0 Å². The van der Waals surface area contributed by atoms with E-state index in [1.165, 1.54) is 19.3 Å². The second-order valence-electron chi connectivity index (χ2n) is 9.22. The van der Waals surface area contributed by atoms with Gasteiger partial charge in [0.25, 0.3) is 5.91 Å². The maximum Gasteiger partial charge on any atom is 0.287 e. The molecule has 0 atom stereocenters. The first-order valence-electron chi connectivity index (χ1n) is 10.7. The molecule has 2 N–H and O–H groups in total. The first kappa shape index (κ1) is 19.7. The highest BCUT2D eigenvalue weighted by Crippen LogP contribution is 2.39. The lowest BCUT2D eigenvalue weighted by Crippen LogP contribution is -2.36. The summed E-state index contributed by atoms with van der Waals surface area (Å²) >= 11 is 0. The number of rotatable bonds is 4. The van der Waals surface area contributed by atoms with E-state index in [9.17, 15) is 4.79 Å². The number of benzene rings is 1. The average molecular weight is 394 g/mol. The molecule has 1 fully saturated rings. The van der Waals surface area contributed by atoms with Gasteiger partial charge in [0.2, 0.25) is 0 Å². The normalized spacial score (nSPS) is 20.3. The molecule has 0 unspecified atom stereocenters. The number of amides is 1. The Morgan fingerprint density at radius 2 is 1.83 bits per heavy atom. The molecule has 2 aliphatic rings. The molecule has 0 aliphatic heterocycles. The van der Waals surface area contributed by atoms with E-state index in [1.807, 2.05) is 37.3 Å². The lowest BCUT2D eigenvalue weighted by molar-refractivity contribution is 0.0895. The highest BCUT2D eigenvalue weighted by molar-refractivity contribution is 6.07. The zero-order valence-electron chi connectivity index (χ0n) is 17.7. The van der Waals surface area contributed by atoms with Crippen LogP contribution < -0.4 is 10.7 Å². The van der Waals surface area contributed by atoms with Gasteiger partial charge in [-0.3, -0.25) is 10.2 Å². The van der Waals surface area contributed by atoms with Gasteiger partial charge < -0.3 is 9.73 Å². The van der Waals surface area contributed by atoms with E-state index in [4.69, 9.17) is 9.52 Å². The van der Waals surface area contributed by atoms with Crippen LogP contribution in [-0.2, 0) is 6.42 Å². The van der Waals surface area contributed by atoms with Crippen LogP contribution in [0.3, 0.4) is 0 Å². The standard InChI is InChI=1S/C24H31N3O2/c1-16-21-19(27-26-18-12-8-5-9-13-18)14-24(2,3)15-20(21)29-22(16)23(28)25-17-10-6-4-7-11-17/h5,8-9,12-13,17,26H,4,6-7,10-11,14-15H2,1-3H3,(H,25,28)/b27-19-. The lowest BCUT2D eigenvalue weighted by Gasteiger charge is -2.29. The smallest absolute Gasteiger partial charge is 0.287 e. The summed E-state index contributed by atoms with van der Waals surface area (Å²) in [4.78, 5) is 12.9. The van der Waals surface area contributed by atoms with E-state index in [1.54, 1.807) is 0 Å². The summed E-state index contributed by atoms with van der Waals surface area (Å²) in [6, 6.07) is 10.2. The van der Waals surface area contributed by atoms with Gasteiger partial charge >= 0.3 is 0 Å². The molecule has 0 radical (unpaired) electrons. The second kappa shape index (κ2) is 8.05.